The predicted molar refractivity (Wildman–Crippen MR) is 82.4 cm³/mol. The first-order valence-corrected chi connectivity index (χ1v) is 7.54. The van der Waals surface area contributed by atoms with E-state index >= 15 is 0 Å². The van der Waals surface area contributed by atoms with Crippen LogP contribution in [0.5, 0.6) is 0 Å². The zero-order valence-electron chi connectivity index (χ0n) is 12.9. The summed E-state index contributed by atoms with van der Waals surface area (Å²) < 4.78 is 5.94. The Kier molecular flexibility index (Phi) is 7.76. The molecule has 0 spiro atoms. The molecule has 0 radical (unpaired) electrons. The zero-order valence-corrected chi connectivity index (χ0v) is 12.9. The second kappa shape index (κ2) is 9.11. The molecule has 1 aromatic rings. The molecule has 0 bridgehead atoms. The first-order valence-electron chi connectivity index (χ1n) is 7.54. The molecule has 1 atom stereocenters. The van der Waals surface area contributed by atoms with Crippen LogP contribution in [0.2, 0.25) is 0 Å². The maximum Gasteiger partial charge on any atom is 0.0723 e. The van der Waals surface area contributed by atoms with Crippen molar-refractivity contribution in [2.45, 2.75) is 53.2 Å². The molecule has 1 unspecified atom stereocenters. The van der Waals surface area contributed by atoms with Crippen molar-refractivity contribution in [2.24, 2.45) is 5.92 Å². The Morgan fingerprint density at radius 1 is 1.05 bits per heavy atom. The van der Waals surface area contributed by atoms with E-state index in [0.717, 1.165) is 26.1 Å². The molecule has 2 nitrogen and oxygen atoms in total. The van der Waals surface area contributed by atoms with Gasteiger partial charge >= 0.3 is 0 Å². The van der Waals surface area contributed by atoms with Crippen molar-refractivity contribution in [1.82, 2.24) is 5.32 Å². The summed E-state index contributed by atoms with van der Waals surface area (Å²) in [5, 5.41) is 3.45. The molecule has 0 saturated carbocycles. The highest BCUT2D eigenvalue weighted by atomic mass is 16.5. The molecule has 0 aliphatic heterocycles. The molecule has 0 saturated heterocycles. The molecule has 19 heavy (non-hydrogen) atoms. The molecule has 1 N–H and O–H groups in total. The van der Waals surface area contributed by atoms with Crippen LogP contribution in [0.1, 0.15) is 45.2 Å². The lowest BCUT2D eigenvalue weighted by Crippen LogP contribution is -2.19. The lowest BCUT2D eigenvalue weighted by molar-refractivity contribution is 0.0232. The second-order valence-electron chi connectivity index (χ2n) is 5.53. The minimum atomic E-state index is 0.311. The normalized spacial score (nSPS) is 12.9. The summed E-state index contributed by atoms with van der Waals surface area (Å²) >= 11 is 0. The van der Waals surface area contributed by atoms with E-state index in [9.17, 15) is 0 Å². The van der Waals surface area contributed by atoms with Crippen LogP contribution in [0.3, 0.4) is 0 Å². The highest BCUT2D eigenvalue weighted by Crippen LogP contribution is 2.14. The van der Waals surface area contributed by atoms with E-state index in [0.29, 0.717) is 12.0 Å². The van der Waals surface area contributed by atoms with Crippen molar-refractivity contribution < 1.29 is 4.74 Å². The number of nitrogens with one attached hydrogen (secondary N) is 1. The van der Waals surface area contributed by atoms with Gasteiger partial charge in [0.2, 0.25) is 0 Å². The molecule has 108 valence electrons. The van der Waals surface area contributed by atoms with Gasteiger partial charge in [0.25, 0.3) is 0 Å². The van der Waals surface area contributed by atoms with Gasteiger partial charge in [-0.05, 0) is 49.9 Å². The largest absolute Gasteiger partial charge is 0.374 e. The van der Waals surface area contributed by atoms with Gasteiger partial charge in [0.15, 0.2) is 0 Å². The predicted octanol–water partition coefficient (Wildman–Crippen LogP) is 3.79. The highest BCUT2D eigenvalue weighted by Gasteiger charge is 2.08. The van der Waals surface area contributed by atoms with Gasteiger partial charge in [-0.25, -0.2) is 0 Å². The molecule has 0 amide bonds. The van der Waals surface area contributed by atoms with E-state index in [2.05, 4.69) is 57.3 Å². The van der Waals surface area contributed by atoms with Crippen molar-refractivity contribution >= 4 is 0 Å². The summed E-state index contributed by atoms with van der Waals surface area (Å²) in [6.07, 6.45) is 2.58. The van der Waals surface area contributed by atoms with Crippen molar-refractivity contribution in [2.75, 3.05) is 13.1 Å². The third-order valence-electron chi connectivity index (χ3n) is 3.56. The Morgan fingerprint density at radius 2 is 1.74 bits per heavy atom. The SMILES string of the molecule is CCCNCCc1ccccc1COC(C)C(C)C. The summed E-state index contributed by atoms with van der Waals surface area (Å²) in [6, 6.07) is 8.61. The van der Waals surface area contributed by atoms with E-state index in [-0.39, 0.29) is 0 Å². The fraction of sp³-hybridized carbons (Fsp3) is 0.647. The van der Waals surface area contributed by atoms with E-state index in [4.69, 9.17) is 4.74 Å². The molecule has 1 rings (SSSR count). The van der Waals surface area contributed by atoms with E-state index in [1.54, 1.807) is 0 Å². The van der Waals surface area contributed by atoms with Crippen LogP contribution in [0, 0.1) is 5.92 Å². The maximum absolute atomic E-state index is 5.94. The van der Waals surface area contributed by atoms with Crippen LogP contribution in [0.25, 0.3) is 0 Å². The zero-order chi connectivity index (χ0) is 14.1. The number of hydrogen-bond acceptors (Lipinski definition) is 2. The standard InChI is InChI=1S/C17H29NO/c1-5-11-18-12-10-16-8-6-7-9-17(16)13-19-15(4)14(2)3/h6-9,14-15,18H,5,10-13H2,1-4H3. The maximum atomic E-state index is 5.94. The third kappa shape index (κ3) is 6.22. The van der Waals surface area contributed by atoms with Crippen molar-refractivity contribution in [3.8, 4) is 0 Å². The number of ether oxygens (including phenoxy) is 1. The van der Waals surface area contributed by atoms with Crippen LogP contribution in [-0.2, 0) is 17.8 Å². The molecule has 1 aromatic carbocycles. The van der Waals surface area contributed by atoms with Gasteiger partial charge in [-0.3, -0.25) is 0 Å². The van der Waals surface area contributed by atoms with Gasteiger partial charge < -0.3 is 10.1 Å². The minimum Gasteiger partial charge on any atom is -0.374 e. The lowest BCUT2D eigenvalue weighted by Gasteiger charge is -2.18. The van der Waals surface area contributed by atoms with Crippen LogP contribution in [-0.4, -0.2) is 19.2 Å². The van der Waals surface area contributed by atoms with Crippen molar-refractivity contribution in [3.63, 3.8) is 0 Å². The summed E-state index contributed by atoms with van der Waals surface area (Å²) in [6.45, 7) is 11.6. The summed E-state index contributed by atoms with van der Waals surface area (Å²) in [4.78, 5) is 0. The number of hydrogen-bond donors (Lipinski definition) is 1. The van der Waals surface area contributed by atoms with Crippen LogP contribution < -0.4 is 5.32 Å². The Labute approximate surface area is 118 Å². The Hall–Kier alpha value is -0.860. The Balaban J connectivity index is 2.48. The third-order valence-corrected chi connectivity index (χ3v) is 3.56. The highest BCUT2D eigenvalue weighted by molar-refractivity contribution is 5.26. The number of benzene rings is 1. The van der Waals surface area contributed by atoms with Crippen molar-refractivity contribution in [1.29, 1.82) is 0 Å². The topological polar surface area (TPSA) is 21.3 Å². The van der Waals surface area contributed by atoms with Crippen LogP contribution >= 0.6 is 0 Å². The smallest absolute Gasteiger partial charge is 0.0723 e. The van der Waals surface area contributed by atoms with Crippen molar-refractivity contribution in [3.05, 3.63) is 35.4 Å². The summed E-state index contributed by atoms with van der Waals surface area (Å²) in [7, 11) is 0. The fourth-order valence-electron chi connectivity index (χ4n) is 1.88. The average molecular weight is 263 g/mol. The number of rotatable bonds is 9. The Morgan fingerprint density at radius 3 is 2.37 bits per heavy atom. The molecule has 0 aromatic heterocycles. The second-order valence-corrected chi connectivity index (χ2v) is 5.53. The molecular formula is C17H29NO. The van der Waals surface area contributed by atoms with Gasteiger partial charge in [0.1, 0.15) is 0 Å². The fourth-order valence-corrected chi connectivity index (χ4v) is 1.88. The minimum absolute atomic E-state index is 0.311. The van der Waals surface area contributed by atoms with E-state index in [1.165, 1.54) is 17.5 Å². The Bertz CT molecular complexity index is 349. The molecule has 0 fully saturated rings. The van der Waals surface area contributed by atoms with Gasteiger partial charge in [0, 0.05) is 0 Å². The first kappa shape index (κ1) is 16.2. The molecular weight excluding hydrogens is 234 g/mol. The van der Waals surface area contributed by atoms with Crippen LogP contribution in [0.4, 0.5) is 0 Å². The monoisotopic (exact) mass is 263 g/mol. The van der Waals surface area contributed by atoms with E-state index < -0.39 is 0 Å². The quantitative estimate of drug-likeness (QED) is 0.684. The molecule has 2 heteroatoms. The van der Waals surface area contributed by atoms with E-state index in [1.807, 2.05) is 0 Å². The first-order chi connectivity index (χ1) is 9.15. The summed E-state index contributed by atoms with van der Waals surface area (Å²) in [5.74, 6) is 0.568. The lowest BCUT2D eigenvalue weighted by atomic mass is 10.0. The molecule has 0 aliphatic carbocycles. The summed E-state index contributed by atoms with van der Waals surface area (Å²) in [5.41, 5.74) is 2.73. The molecule has 0 aliphatic rings. The van der Waals surface area contributed by atoms with Crippen LogP contribution in [0.15, 0.2) is 24.3 Å². The van der Waals surface area contributed by atoms with Gasteiger partial charge in [-0.1, -0.05) is 45.0 Å². The average Bonchev–Trinajstić information content (AvgIpc) is 2.42. The van der Waals surface area contributed by atoms with Gasteiger partial charge in [-0.2, -0.15) is 0 Å². The molecule has 0 heterocycles. The van der Waals surface area contributed by atoms with Gasteiger partial charge in [-0.15, -0.1) is 0 Å². The van der Waals surface area contributed by atoms with Gasteiger partial charge in [0.05, 0.1) is 12.7 Å².